The number of aromatic nitrogens is 1. The Hall–Kier alpha value is -5.47. The maximum absolute atomic E-state index is 13.9. The van der Waals surface area contributed by atoms with Gasteiger partial charge in [0.15, 0.2) is 7.49 Å². The zero-order valence-electron chi connectivity index (χ0n) is 41.8. The highest BCUT2D eigenvalue weighted by atomic mass is 35.5. The molecule has 5 N–H and O–H groups in total. The van der Waals surface area contributed by atoms with E-state index in [0.29, 0.717) is 48.6 Å². The highest BCUT2D eigenvalue weighted by Crippen LogP contribution is 2.50. The molecule has 2 aromatic heterocycles. The standard InChI is InChI=1S/C53H63ClF3N10O3PS/c1-33-34(2)72-52-49(33)50(37-13-15-38(54)16-14-37)63(4)46(51(59)67(52)35(3)58)27-48(69)65-29-36(30-65)28-61-47(68)31-64-24-21-40(22-25-64)62-44-11-8-12-45-43(44)26-41(66(45)32-53(55,56)57)10-9-23-60-39-17-19-42(20-18-39)71(6,7)70-5/h8,11-20,26,36,40,46,50,58-60,62H,21-25,27-32H2,1-7H3/p+1. The van der Waals surface area contributed by atoms with E-state index in [-0.39, 0.29) is 66.7 Å². The van der Waals surface area contributed by atoms with Crippen LogP contribution in [0.4, 0.5) is 29.5 Å². The second-order valence-corrected chi connectivity index (χ2v) is 24.7. The van der Waals surface area contributed by atoms with Gasteiger partial charge in [0.25, 0.3) is 0 Å². The van der Waals surface area contributed by atoms with E-state index >= 15 is 0 Å². The topological polar surface area (TPSA) is 145 Å². The number of likely N-dealkylation sites (tertiary alicyclic amines) is 2. The first kappa shape index (κ1) is 52.8. The zero-order chi connectivity index (χ0) is 51.6. The molecule has 0 saturated carbocycles. The summed E-state index contributed by atoms with van der Waals surface area (Å²) in [5.41, 5.74) is 5.44. The van der Waals surface area contributed by atoms with Crippen LogP contribution in [0.15, 0.2) is 72.8 Å². The van der Waals surface area contributed by atoms with Crippen molar-refractivity contribution in [3.05, 3.63) is 105 Å². The van der Waals surface area contributed by atoms with Gasteiger partial charge in [-0.05, 0) is 112 Å². The Morgan fingerprint density at radius 3 is 2.36 bits per heavy atom. The number of carbonyl (C=O) groups is 2. The Morgan fingerprint density at radius 1 is 1.01 bits per heavy atom. The molecule has 2 unspecified atom stereocenters. The average Bonchev–Trinajstić information content (AvgIpc) is 3.78. The van der Waals surface area contributed by atoms with E-state index in [4.69, 9.17) is 21.5 Å². The van der Waals surface area contributed by atoms with Gasteiger partial charge in [-0.2, -0.15) is 13.2 Å². The molecule has 5 aromatic rings. The fourth-order valence-electron chi connectivity index (χ4n) is 9.93. The third-order valence-electron chi connectivity index (χ3n) is 14.3. The fourth-order valence-corrected chi connectivity index (χ4v) is 12.4. The Morgan fingerprint density at radius 2 is 1.71 bits per heavy atom. The zero-order valence-corrected chi connectivity index (χ0v) is 44.3. The molecule has 0 radical (unpaired) electrons. The number of halogens is 4. The first-order valence-electron chi connectivity index (χ1n) is 24.2. The quantitative estimate of drug-likeness (QED) is 0.0321. The number of anilines is 3. The van der Waals surface area contributed by atoms with Gasteiger partial charge in [-0.3, -0.25) is 35.1 Å². The maximum Gasteiger partial charge on any atom is 0.406 e. The number of hydrogen-bond acceptors (Lipinski definition) is 10. The van der Waals surface area contributed by atoms with Crippen molar-refractivity contribution in [1.29, 1.82) is 10.8 Å². The van der Waals surface area contributed by atoms with E-state index in [0.717, 1.165) is 56.1 Å². The number of amidine groups is 2. The molecule has 0 aliphatic carbocycles. The molecule has 8 rings (SSSR count). The second kappa shape index (κ2) is 21.9. The van der Waals surface area contributed by atoms with E-state index in [1.165, 1.54) is 4.57 Å². The number of hydrogen-bond donors (Lipinski definition) is 5. The molecule has 3 aliphatic rings. The van der Waals surface area contributed by atoms with Gasteiger partial charge in [0.1, 0.15) is 28.5 Å². The van der Waals surface area contributed by atoms with Crippen molar-refractivity contribution in [2.75, 3.05) is 88.8 Å². The van der Waals surface area contributed by atoms with Gasteiger partial charge in [-0.15, -0.1) is 11.3 Å². The van der Waals surface area contributed by atoms with Crippen LogP contribution in [0.3, 0.4) is 0 Å². The van der Waals surface area contributed by atoms with Crippen molar-refractivity contribution >= 4 is 86.5 Å². The predicted molar refractivity (Wildman–Crippen MR) is 288 cm³/mol. The Bertz CT molecular complexity index is 2880. The highest BCUT2D eigenvalue weighted by molar-refractivity contribution is 7.77. The number of nitrogens with one attached hydrogen (secondary N) is 5. The summed E-state index contributed by atoms with van der Waals surface area (Å²) in [6.45, 7) is 12.1. The van der Waals surface area contributed by atoms with Gasteiger partial charge in [-0.25, -0.2) is 4.52 Å². The summed E-state index contributed by atoms with van der Waals surface area (Å²) in [5, 5.41) is 31.3. The summed E-state index contributed by atoms with van der Waals surface area (Å²) in [6.07, 6.45) is -2.88. The molecular formula is C53H64ClF3N10O3PS+. The molecule has 3 aromatic carbocycles. The molecule has 2 saturated heterocycles. The molecule has 2 atom stereocenters. The smallest absolute Gasteiger partial charge is 0.382 e. The van der Waals surface area contributed by atoms with Gasteiger partial charge < -0.3 is 25.4 Å². The number of thiophene rings is 1. The third kappa shape index (κ3) is 11.8. The molecule has 72 heavy (non-hydrogen) atoms. The van der Waals surface area contributed by atoms with Crippen LogP contribution in [0.1, 0.15) is 59.5 Å². The Kier molecular flexibility index (Phi) is 16.1. The number of aryl methyl sites for hydroxylation is 1. The monoisotopic (exact) mass is 1040 g/mol. The number of rotatable bonds is 14. The van der Waals surface area contributed by atoms with E-state index < -0.39 is 26.3 Å². The number of likely N-dealkylation sites (N-methyl/N-ethyl adjacent to an activating group) is 1. The molecule has 5 heterocycles. The molecule has 2 fully saturated rings. The number of alkyl halides is 3. The Balaban J connectivity index is 0.815. The SMILES string of the molecule is CO[P+](C)(C)c1ccc(NCC#Cc2cc3c(NC4CCN(CC(=O)NCC5CN(C(=O)CC6C(=N)N(C(C)=N)c7sc(C)c(C)c7C(c7ccc(Cl)cc7)N6C)C5)CC4)cccc3n2CC(F)(F)F)cc1. The largest absolute Gasteiger partial charge is 0.406 e. The number of fused-ring (bicyclic) bond motifs is 2. The molecular weight excluding hydrogens is 980 g/mol. The van der Waals surface area contributed by atoms with Gasteiger partial charge in [0.05, 0.1) is 56.8 Å². The van der Waals surface area contributed by atoms with Crippen molar-refractivity contribution in [3.8, 4) is 11.8 Å². The van der Waals surface area contributed by atoms with Crippen LogP contribution in [0.25, 0.3) is 10.9 Å². The molecule has 2 amide bonds. The van der Waals surface area contributed by atoms with Crippen LogP contribution in [0, 0.1) is 42.4 Å². The van der Waals surface area contributed by atoms with E-state index in [2.05, 4.69) is 64.8 Å². The summed E-state index contributed by atoms with van der Waals surface area (Å²) in [6, 6.07) is 21.9. The molecule has 19 heteroatoms. The lowest BCUT2D eigenvalue weighted by molar-refractivity contribution is -0.140. The number of carbonyl (C=O) groups excluding carboxylic acids is 2. The summed E-state index contributed by atoms with van der Waals surface area (Å²) < 4.78 is 48.6. The number of benzene rings is 3. The van der Waals surface area contributed by atoms with E-state index in [9.17, 15) is 28.2 Å². The molecule has 0 bridgehead atoms. The van der Waals surface area contributed by atoms with Gasteiger partial charge in [0.2, 0.25) is 11.8 Å². The van der Waals surface area contributed by atoms with Crippen LogP contribution in [-0.2, 0) is 20.7 Å². The minimum absolute atomic E-state index is 0.0595. The van der Waals surface area contributed by atoms with Crippen LogP contribution in [-0.4, -0.2) is 134 Å². The van der Waals surface area contributed by atoms with Gasteiger partial charge in [-0.1, -0.05) is 35.7 Å². The summed E-state index contributed by atoms with van der Waals surface area (Å²) >= 11 is 7.86. The summed E-state index contributed by atoms with van der Waals surface area (Å²) in [5.74, 6) is 6.35. The van der Waals surface area contributed by atoms with Crippen LogP contribution < -0.4 is 26.2 Å². The lowest BCUT2D eigenvalue weighted by atomic mass is 9.94. The van der Waals surface area contributed by atoms with Crippen molar-refractivity contribution < 1.29 is 27.3 Å². The second-order valence-electron chi connectivity index (χ2n) is 19.5. The molecule has 382 valence electrons. The molecule has 0 spiro atoms. The molecule has 13 nitrogen and oxygen atoms in total. The first-order valence-corrected chi connectivity index (χ1v) is 28.0. The number of amides is 2. The average molecular weight is 1040 g/mol. The van der Waals surface area contributed by atoms with Gasteiger partial charge >= 0.3 is 6.18 Å². The van der Waals surface area contributed by atoms with Crippen LogP contribution >= 0.6 is 30.4 Å². The number of nitrogens with zero attached hydrogens (tertiary/aromatic N) is 5. The summed E-state index contributed by atoms with van der Waals surface area (Å²) in [7, 11) is 2.01. The van der Waals surface area contributed by atoms with Crippen LogP contribution in [0.5, 0.6) is 0 Å². The van der Waals surface area contributed by atoms with Crippen LogP contribution in [0.2, 0.25) is 5.02 Å². The van der Waals surface area contributed by atoms with E-state index in [1.54, 1.807) is 53.4 Å². The normalized spacial score (nSPS) is 18.3. The maximum atomic E-state index is 13.9. The predicted octanol–water partition coefficient (Wildman–Crippen LogP) is 9.19. The lowest BCUT2D eigenvalue weighted by Gasteiger charge is -2.41. The van der Waals surface area contributed by atoms with E-state index in [1.807, 2.05) is 61.6 Å². The first-order chi connectivity index (χ1) is 34.2. The van der Waals surface area contributed by atoms with Crippen molar-refractivity contribution in [3.63, 3.8) is 0 Å². The third-order valence-corrected chi connectivity index (χ3v) is 18.2. The fraction of sp³-hybridized carbons (Fsp3) is 0.434. The Labute approximate surface area is 429 Å². The van der Waals surface area contributed by atoms with Gasteiger partial charge in [0, 0.05) is 83.3 Å². The minimum atomic E-state index is -4.44. The highest BCUT2D eigenvalue weighted by Gasteiger charge is 2.43. The van der Waals surface area contributed by atoms with Crippen molar-refractivity contribution in [2.45, 2.75) is 70.9 Å². The lowest BCUT2D eigenvalue weighted by Crippen LogP contribution is -2.56. The molecule has 3 aliphatic heterocycles. The minimum Gasteiger partial charge on any atom is -0.382 e. The summed E-state index contributed by atoms with van der Waals surface area (Å²) in [4.78, 5) is 35.9. The number of piperidine rings is 1. The van der Waals surface area contributed by atoms with Crippen molar-refractivity contribution in [1.82, 2.24) is 24.6 Å². The van der Waals surface area contributed by atoms with Crippen molar-refractivity contribution in [2.24, 2.45) is 5.92 Å².